The summed E-state index contributed by atoms with van der Waals surface area (Å²) < 4.78 is 1.93. The summed E-state index contributed by atoms with van der Waals surface area (Å²) in [5, 5.41) is 7.78. The normalized spacial score (nSPS) is 21.8. The number of hydrogen-bond acceptors (Lipinski definition) is 3. The van der Waals surface area contributed by atoms with Crippen molar-refractivity contribution in [2.75, 3.05) is 20.1 Å². The number of aryl methyl sites for hydroxylation is 1. The Hall–Kier alpha value is -0.870. The van der Waals surface area contributed by atoms with E-state index in [4.69, 9.17) is 0 Å². The van der Waals surface area contributed by atoms with Crippen LogP contribution in [0.25, 0.3) is 0 Å². The van der Waals surface area contributed by atoms with E-state index in [1.165, 1.54) is 30.6 Å². The minimum Gasteiger partial charge on any atom is -0.311 e. The first-order valence-corrected chi connectivity index (χ1v) is 6.07. The zero-order chi connectivity index (χ0) is 11.5. The van der Waals surface area contributed by atoms with E-state index in [2.05, 4.69) is 29.3 Å². The Balaban J connectivity index is 1.77. The van der Waals surface area contributed by atoms with E-state index in [-0.39, 0.29) is 0 Å². The van der Waals surface area contributed by atoms with Crippen LogP contribution in [0.15, 0.2) is 6.20 Å². The maximum absolute atomic E-state index is 4.25. The largest absolute Gasteiger partial charge is 0.311 e. The summed E-state index contributed by atoms with van der Waals surface area (Å²) in [7, 11) is 4.21. The van der Waals surface area contributed by atoms with E-state index < -0.39 is 0 Å². The van der Waals surface area contributed by atoms with Crippen molar-refractivity contribution in [2.45, 2.75) is 32.4 Å². The highest BCUT2D eigenvalue weighted by Gasteiger charge is 2.19. The van der Waals surface area contributed by atoms with Gasteiger partial charge in [-0.3, -0.25) is 4.68 Å². The quantitative estimate of drug-likeness (QED) is 0.822. The first-order chi connectivity index (χ1) is 7.68. The molecule has 1 saturated heterocycles. The fourth-order valence-electron chi connectivity index (χ4n) is 2.33. The Morgan fingerprint density at radius 2 is 2.31 bits per heavy atom. The van der Waals surface area contributed by atoms with Gasteiger partial charge in [-0.15, -0.1) is 0 Å². The zero-order valence-electron chi connectivity index (χ0n) is 10.5. The highest BCUT2D eigenvalue weighted by atomic mass is 15.3. The first kappa shape index (κ1) is 11.6. The second kappa shape index (κ2) is 4.97. The van der Waals surface area contributed by atoms with E-state index in [9.17, 15) is 0 Å². The van der Waals surface area contributed by atoms with Gasteiger partial charge in [0.1, 0.15) is 0 Å². The van der Waals surface area contributed by atoms with Crippen LogP contribution in [0, 0.1) is 6.92 Å². The highest BCUT2D eigenvalue weighted by molar-refractivity contribution is 5.15. The van der Waals surface area contributed by atoms with Gasteiger partial charge in [-0.05, 0) is 33.4 Å². The third kappa shape index (κ3) is 2.44. The first-order valence-electron chi connectivity index (χ1n) is 6.07. The second-order valence-corrected chi connectivity index (χ2v) is 4.79. The van der Waals surface area contributed by atoms with Crippen LogP contribution in [-0.2, 0) is 13.6 Å². The Morgan fingerprint density at radius 3 is 2.88 bits per heavy atom. The molecule has 16 heavy (non-hydrogen) atoms. The third-order valence-corrected chi connectivity index (χ3v) is 3.70. The molecule has 0 radical (unpaired) electrons. The van der Waals surface area contributed by atoms with Crippen LogP contribution in [0.2, 0.25) is 0 Å². The number of hydrogen-bond donors (Lipinski definition) is 1. The van der Waals surface area contributed by atoms with Crippen molar-refractivity contribution < 1.29 is 0 Å². The second-order valence-electron chi connectivity index (χ2n) is 4.79. The summed E-state index contributed by atoms with van der Waals surface area (Å²) >= 11 is 0. The molecule has 1 fully saturated rings. The van der Waals surface area contributed by atoms with Gasteiger partial charge in [0.2, 0.25) is 0 Å². The van der Waals surface area contributed by atoms with Crippen LogP contribution in [0.3, 0.4) is 0 Å². The third-order valence-electron chi connectivity index (χ3n) is 3.70. The van der Waals surface area contributed by atoms with Crippen molar-refractivity contribution in [1.82, 2.24) is 20.0 Å². The Kier molecular flexibility index (Phi) is 3.61. The van der Waals surface area contributed by atoms with Gasteiger partial charge in [-0.1, -0.05) is 0 Å². The van der Waals surface area contributed by atoms with Gasteiger partial charge in [-0.2, -0.15) is 5.10 Å². The Morgan fingerprint density at radius 1 is 1.50 bits per heavy atom. The van der Waals surface area contributed by atoms with Gasteiger partial charge in [-0.25, -0.2) is 0 Å². The van der Waals surface area contributed by atoms with E-state index in [0.29, 0.717) is 0 Å². The lowest BCUT2D eigenvalue weighted by Crippen LogP contribution is -2.35. The van der Waals surface area contributed by atoms with Crippen molar-refractivity contribution in [3.63, 3.8) is 0 Å². The van der Waals surface area contributed by atoms with E-state index in [1.807, 2.05) is 17.9 Å². The molecule has 0 aromatic carbocycles. The molecular weight excluding hydrogens is 200 g/mol. The molecule has 90 valence electrons. The summed E-state index contributed by atoms with van der Waals surface area (Å²) in [5.74, 6) is 0. The fourth-order valence-corrected chi connectivity index (χ4v) is 2.33. The molecule has 1 atom stereocenters. The van der Waals surface area contributed by atoms with Gasteiger partial charge in [0.25, 0.3) is 0 Å². The molecule has 0 aliphatic carbocycles. The summed E-state index contributed by atoms with van der Waals surface area (Å²) in [5.41, 5.74) is 2.57. The van der Waals surface area contributed by atoms with Gasteiger partial charge in [0.15, 0.2) is 0 Å². The van der Waals surface area contributed by atoms with Crippen LogP contribution in [0.5, 0.6) is 0 Å². The molecule has 0 amide bonds. The van der Waals surface area contributed by atoms with E-state index in [0.717, 1.165) is 19.1 Å². The predicted octanol–water partition coefficient (Wildman–Crippen LogP) is 0.912. The molecule has 1 aliphatic rings. The molecule has 1 aliphatic heterocycles. The lowest BCUT2D eigenvalue weighted by Gasteiger charge is -2.19. The highest BCUT2D eigenvalue weighted by Crippen LogP contribution is 2.13. The number of likely N-dealkylation sites (N-methyl/N-ethyl adjacent to an activating group) is 1. The Labute approximate surface area is 97.6 Å². The minimum absolute atomic E-state index is 0.719. The zero-order valence-corrected chi connectivity index (χ0v) is 10.5. The van der Waals surface area contributed by atoms with Crippen LogP contribution in [0.4, 0.5) is 0 Å². The standard InChI is InChI=1S/C12H22N4/c1-10-11(8-14-16(10)3)7-13-9-12-5-4-6-15(12)2/h8,12-13H,4-7,9H2,1-3H3. The molecule has 0 spiro atoms. The lowest BCUT2D eigenvalue weighted by molar-refractivity contribution is 0.300. The monoisotopic (exact) mass is 222 g/mol. The maximum Gasteiger partial charge on any atom is 0.0537 e. The summed E-state index contributed by atoms with van der Waals surface area (Å²) in [6.07, 6.45) is 4.63. The number of likely N-dealkylation sites (tertiary alicyclic amines) is 1. The molecule has 0 saturated carbocycles. The molecular formula is C12H22N4. The SMILES string of the molecule is Cc1c(CNCC2CCCN2C)cnn1C. The maximum atomic E-state index is 4.25. The topological polar surface area (TPSA) is 33.1 Å². The van der Waals surface area contributed by atoms with Crippen molar-refractivity contribution in [3.05, 3.63) is 17.5 Å². The lowest BCUT2D eigenvalue weighted by atomic mass is 10.2. The number of aromatic nitrogens is 2. The molecule has 4 heteroatoms. The molecule has 2 rings (SSSR count). The minimum atomic E-state index is 0.719. The summed E-state index contributed by atoms with van der Waals surface area (Å²) in [6, 6.07) is 0.719. The van der Waals surface area contributed by atoms with Crippen molar-refractivity contribution in [1.29, 1.82) is 0 Å². The smallest absolute Gasteiger partial charge is 0.0537 e. The predicted molar refractivity (Wildman–Crippen MR) is 65.3 cm³/mol. The fraction of sp³-hybridized carbons (Fsp3) is 0.750. The van der Waals surface area contributed by atoms with E-state index in [1.54, 1.807) is 0 Å². The molecule has 1 N–H and O–H groups in total. The van der Waals surface area contributed by atoms with Crippen molar-refractivity contribution >= 4 is 0 Å². The molecule has 1 aromatic heterocycles. The van der Waals surface area contributed by atoms with Crippen LogP contribution < -0.4 is 5.32 Å². The molecule has 1 unspecified atom stereocenters. The van der Waals surface area contributed by atoms with Gasteiger partial charge in [0.05, 0.1) is 6.20 Å². The number of rotatable bonds is 4. The molecule has 4 nitrogen and oxygen atoms in total. The molecule has 1 aromatic rings. The summed E-state index contributed by atoms with van der Waals surface area (Å²) in [6.45, 7) is 5.39. The summed E-state index contributed by atoms with van der Waals surface area (Å²) in [4.78, 5) is 2.45. The van der Waals surface area contributed by atoms with Gasteiger partial charge < -0.3 is 10.2 Å². The van der Waals surface area contributed by atoms with Crippen molar-refractivity contribution in [3.8, 4) is 0 Å². The number of nitrogens with one attached hydrogen (secondary N) is 1. The van der Waals surface area contributed by atoms with Crippen molar-refractivity contribution in [2.24, 2.45) is 7.05 Å². The average Bonchev–Trinajstić information content (AvgIpc) is 2.80. The Bertz CT molecular complexity index is 345. The average molecular weight is 222 g/mol. The number of nitrogens with zero attached hydrogens (tertiary/aromatic N) is 3. The van der Waals surface area contributed by atoms with Crippen LogP contribution in [0.1, 0.15) is 24.1 Å². The van der Waals surface area contributed by atoms with Gasteiger partial charge in [0, 0.05) is 37.4 Å². The molecule has 0 bridgehead atoms. The molecule has 2 heterocycles. The van der Waals surface area contributed by atoms with E-state index >= 15 is 0 Å². The van der Waals surface area contributed by atoms with Gasteiger partial charge >= 0.3 is 0 Å². The van der Waals surface area contributed by atoms with Crippen LogP contribution in [-0.4, -0.2) is 40.9 Å². The van der Waals surface area contributed by atoms with Crippen LogP contribution >= 0.6 is 0 Å².